The van der Waals surface area contributed by atoms with Gasteiger partial charge in [-0.15, -0.1) is 0 Å². The van der Waals surface area contributed by atoms with Crippen LogP contribution in [0.1, 0.15) is 11.1 Å². The van der Waals surface area contributed by atoms with E-state index >= 15 is 0 Å². The number of rotatable bonds is 2. The summed E-state index contributed by atoms with van der Waals surface area (Å²) in [6.45, 7) is 0. The summed E-state index contributed by atoms with van der Waals surface area (Å²) >= 11 is 0. The highest BCUT2D eigenvalue weighted by molar-refractivity contribution is 5.65. The van der Waals surface area contributed by atoms with Gasteiger partial charge in [0, 0.05) is 12.6 Å². The zero-order chi connectivity index (χ0) is 14.8. The number of hydrogen-bond donors (Lipinski definition) is 1. The Balaban J connectivity index is 2.40. The average molecular weight is 277 g/mol. The molecule has 2 rings (SSSR count). The highest BCUT2D eigenvalue weighted by Crippen LogP contribution is 2.31. The smallest absolute Gasteiger partial charge is 0.372 e. The van der Waals surface area contributed by atoms with E-state index in [0.717, 1.165) is 12.1 Å². The fourth-order valence-electron chi connectivity index (χ4n) is 1.73. The molecule has 1 N–H and O–H groups in total. The van der Waals surface area contributed by atoms with E-state index in [1.165, 1.54) is 12.1 Å². The van der Waals surface area contributed by atoms with Gasteiger partial charge in [0.05, 0.1) is 16.8 Å². The average Bonchev–Trinajstić information content (AvgIpc) is 2.45. The number of halogens is 3. The third kappa shape index (κ3) is 2.72. The van der Waals surface area contributed by atoms with Crippen LogP contribution in [0.15, 0.2) is 36.4 Å². The highest BCUT2D eigenvalue weighted by Gasteiger charge is 2.30. The lowest BCUT2D eigenvalue weighted by Crippen LogP contribution is -2.04. The summed E-state index contributed by atoms with van der Waals surface area (Å²) in [6, 6.07) is 9.89. The summed E-state index contributed by atoms with van der Waals surface area (Å²) in [5.41, 5.74) is 0.730. The van der Waals surface area contributed by atoms with Crippen LogP contribution in [0.4, 0.5) is 19.0 Å². The molecule has 0 atom stereocenters. The van der Waals surface area contributed by atoms with E-state index in [4.69, 9.17) is 5.26 Å². The molecule has 0 saturated heterocycles. The molecule has 0 spiro atoms. The van der Waals surface area contributed by atoms with Gasteiger partial charge in [0.1, 0.15) is 11.9 Å². The summed E-state index contributed by atoms with van der Waals surface area (Å²) < 4.78 is 37.4. The largest absolute Gasteiger partial charge is 0.416 e. The molecule has 0 bridgehead atoms. The lowest BCUT2D eigenvalue weighted by atomic mass is 10.1. The van der Waals surface area contributed by atoms with E-state index < -0.39 is 11.7 Å². The molecule has 0 radical (unpaired) electrons. The lowest BCUT2D eigenvalue weighted by Gasteiger charge is -2.09. The van der Waals surface area contributed by atoms with Crippen molar-refractivity contribution in [2.75, 3.05) is 12.4 Å². The van der Waals surface area contributed by atoms with E-state index in [9.17, 15) is 13.2 Å². The summed E-state index contributed by atoms with van der Waals surface area (Å²) in [6.07, 6.45) is -4.35. The standard InChI is InChI=1S/C14H10F3N3/c1-19-13-10(8-18)4-7-12(20-13)9-2-5-11(6-3-9)14(15,16)17/h2-7H,1H3,(H,19,20). The van der Waals surface area contributed by atoms with Crippen LogP contribution in [0.3, 0.4) is 0 Å². The predicted octanol–water partition coefficient (Wildman–Crippen LogP) is 3.68. The van der Waals surface area contributed by atoms with Crippen molar-refractivity contribution in [3.8, 4) is 17.3 Å². The van der Waals surface area contributed by atoms with Crippen molar-refractivity contribution < 1.29 is 13.2 Å². The fraction of sp³-hybridized carbons (Fsp3) is 0.143. The molecule has 6 heteroatoms. The first-order valence-electron chi connectivity index (χ1n) is 5.72. The summed E-state index contributed by atoms with van der Waals surface area (Å²) in [4.78, 5) is 4.21. The number of hydrogen-bond acceptors (Lipinski definition) is 3. The minimum absolute atomic E-state index is 0.378. The Kier molecular flexibility index (Phi) is 3.61. The molecule has 3 nitrogen and oxygen atoms in total. The van der Waals surface area contributed by atoms with Gasteiger partial charge in [0.2, 0.25) is 0 Å². The molecule has 102 valence electrons. The first-order chi connectivity index (χ1) is 9.45. The number of pyridine rings is 1. The molecule has 1 heterocycles. The molecule has 1 aromatic heterocycles. The third-order valence-corrected chi connectivity index (χ3v) is 2.76. The zero-order valence-electron chi connectivity index (χ0n) is 10.5. The molecule has 0 unspecified atom stereocenters. The molecule has 0 fully saturated rings. The van der Waals surface area contributed by atoms with Crippen molar-refractivity contribution >= 4 is 5.82 Å². The monoisotopic (exact) mass is 277 g/mol. The van der Waals surface area contributed by atoms with Crippen molar-refractivity contribution in [2.24, 2.45) is 0 Å². The van der Waals surface area contributed by atoms with Crippen molar-refractivity contribution in [3.63, 3.8) is 0 Å². The molecular formula is C14H10F3N3. The molecule has 1 aromatic carbocycles. The molecule has 0 aliphatic rings. The van der Waals surface area contributed by atoms with Gasteiger partial charge in [-0.25, -0.2) is 4.98 Å². The van der Waals surface area contributed by atoms with Crippen LogP contribution in [-0.4, -0.2) is 12.0 Å². The Hall–Kier alpha value is -2.55. The van der Waals surface area contributed by atoms with Crippen molar-refractivity contribution in [1.82, 2.24) is 4.98 Å². The Morgan fingerprint density at radius 2 is 1.75 bits per heavy atom. The van der Waals surface area contributed by atoms with Crippen molar-refractivity contribution in [1.29, 1.82) is 5.26 Å². The molecule has 2 aromatic rings. The van der Waals surface area contributed by atoms with Gasteiger partial charge in [-0.05, 0) is 24.3 Å². The van der Waals surface area contributed by atoms with Crippen LogP contribution in [0.5, 0.6) is 0 Å². The van der Waals surface area contributed by atoms with E-state index in [1.807, 2.05) is 6.07 Å². The van der Waals surface area contributed by atoms with E-state index in [2.05, 4.69) is 10.3 Å². The molecule has 0 amide bonds. The first kappa shape index (κ1) is 13.9. The maximum atomic E-state index is 12.5. The van der Waals surface area contributed by atoms with Crippen LogP contribution in [-0.2, 0) is 6.18 Å². The molecule has 0 aliphatic heterocycles. The summed E-state index contributed by atoms with van der Waals surface area (Å²) in [5.74, 6) is 0.393. The number of aromatic nitrogens is 1. The van der Waals surface area contributed by atoms with Gasteiger partial charge in [-0.2, -0.15) is 18.4 Å². The van der Waals surface area contributed by atoms with E-state index in [0.29, 0.717) is 22.6 Å². The Labute approximate surface area is 113 Å². The van der Waals surface area contributed by atoms with Crippen LogP contribution < -0.4 is 5.32 Å². The maximum absolute atomic E-state index is 12.5. The Morgan fingerprint density at radius 1 is 1.10 bits per heavy atom. The molecule has 20 heavy (non-hydrogen) atoms. The second kappa shape index (κ2) is 5.21. The van der Waals surface area contributed by atoms with E-state index in [-0.39, 0.29) is 0 Å². The Bertz CT molecular complexity index is 655. The SMILES string of the molecule is CNc1nc(-c2ccc(C(F)(F)F)cc2)ccc1C#N. The number of nitrogens with one attached hydrogen (secondary N) is 1. The van der Waals surface area contributed by atoms with Crippen LogP contribution in [0.2, 0.25) is 0 Å². The van der Waals surface area contributed by atoms with Crippen LogP contribution in [0.25, 0.3) is 11.3 Å². The highest BCUT2D eigenvalue weighted by atomic mass is 19.4. The number of benzene rings is 1. The van der Waals surface area contributed by atoms with Gasteiger partial charge in [-0.3, -0.25) is 0 Å². The van der Waals surface area contributed by atoms with E-state index in [1.54, 1.807) is 19.2 Å². The fourth-order valence-corrected chi connectivity index (χ4v) is 1.73. The topological polar surface area (TPSA) is 48.7 Å². The number of anilines is 1. The number of nitriles is 1. The third-order valence-electron chi connectivity index (χ3n) is 2.76. The maximum Gasteiger partial charge on any atom is 0.416 e. The quantitative estimate of drug-likeness (QED) is 0.910. The molecular weight excluding hydrogens is 267 g/mol. The molecule has 0 saturated carbocycles. The lowest BCUT2D eigenvalue weighted by molar-refractivity contribution is -0.137. The van der Waals surface area contributed by atoms with Crippen LogP contribution >= 0.6 is 0 Å². The second-order valence-electron chi connectivity index (χ2n) is 4.03. The first-order valence-corrected chi connectivity index (χ1v) is 5.72. The summed E-state index contributed by atoms with van der Waals surface area (Å²) in [5, 5.41) is 11.7. The minimum Gasteiger partial charge on any atom is -0.372 e. The van der Waals surface area contributed by atoms with Gasteiger partial charge in [0.15, 0.2) is 0 Å². The van der Waals surface area contributed by atoms with Crippen molar-refractivity contribution in [2.45, 2.75) is 6.18 Å². The Morgan fingerprint density at radius 3 is 2.25 bits per heavy atom. The second-order valence-corrected chi connectivity index (χ2v) is 4.03. The van der Waals surface area contributed by atoms with Gasteiger partial charge in [0.25, 0.3) is 0 Å². The van der Waals surface area contributed by atoms with Crippen LogP contribution in [0, 0.1) is 11.3 Å². The number of alkyl halides is 3. The van der Waals surface area contributed by atoms with Gasteiger partial charge >= 0.3 is 6.18 Å². The van der Waals surface area contributed by atoms with Gasteiger partial charge in [-0.1, -0.05) is 12.1 Å². The zero-order valence-corrected chi connectivity index (χ0v) is 10.5. The number of nitrogens with zero attached hydrogens (tertiary/aromatic N) is 2. The van der Waals surface area contributed by atoms with Gasteiger partial charge < -0.3 is 5.32 Å². The van der Waals surface area contributed by atoms with Crippen molar-refractivity contribution in [3.05, 3.63) is 47.5 Å². The predicted molar refractivity (Wildman–Crippen MR) is 68.9 cm³/mol. The molecule has 0 aliphatic carbocycles. The minimum atomic E-state index is -4.35. The normalized spacial score (nSPS) is 10.9. The summed E-state index contributed by atoms with van der Waals surface area (Å²) in [7, 11) is 1.62.